The smallest absolute Gasteiger partial charge is 0.262 e. The van der Waals surface area contributed by atoms with E-state index < -0.39 is 23.9 Å². The molecule has 2 atom stereocenters. The Bertz CT molecular complexity index is 1260. The van der Waals surface area contributed by atoms with Gasteiger partial charge in [0.15, 0.2) is 0 Å². The molecular weight excluding hydrogens is 414 g/mol. The summed E-state index contributed by atoms with van der Waals surface area (Å²) < 4.78 is 0. The normalized spacial score (nSPS) is 19.6. The van der Waals surface area contributed by atoms with Crippen LogP contribution in [-0.2, 0) is 4.79 Å². The number of rotatable bonds is 4. The Morgan fingerprint density at radius 2 is 1.30 bits per heavy atom. The summed E-state index contributed by atoms with van der Waals surface area (Å²) in [6.07, 6.45) is 0. The number of carbonyl (C=O) groups excluding carboxylic acids is 3. The van der Waals surface area contributed by atoms with Gasteiger partial charge in [0.1, 0.15) is 6.04 Å². The molecule has 0 radical (unpaired) electrons. The highest BCUT2D eigenvalue weighted by Gasteiger charge is 2.57. The largest absolute Gasteiger partial charge is 0.378 e. The van der Waals surface area contributed by atoms with Crippen LogP contribution < -0.4 is 9.80 Å². The molecule has 6 nitrogen and oxygen atoms in total. The summed E-state index contributed by atoms with van der Waals surface area (Å²) in [6.45, 7) is 4.03. The van der Waals surface area contributed by atoms with Gasteiger partial charge in [-0.3, -0.25) is 19.3 Å². The number of amides is 3. The zero-order valence-electron chi connectivity index (χ0n) is 19.1. The third kappa shape index (κ3) is 3.13. The predicted molar refractivity (Wildman–Crippen MR) is 128 cm³/mol. The number of fused-ring (bicyclic) bond motifs is 1. The highest BCUT2D eigenvalue weighted by molar-refractivity contribution is 6.24. The molecule has 6 heteroatoms. The van der Waals surface area contributed by atoms with E-state index in [0.717, 1.165) is 33.0 Å². The zero-order chi connectivity index (χ0) is 23.4. The Morgan fingerprint density at radius 1 is 0.697 bits per heavy atom. The molecule has 3 aromatic carbocycles. The summed E-state index contributed by atoms with van der Waals surface area (Å²) in [6, 6.07) is 19.2. The fourth-order valence-electron chi connectivity index (χ4n) is 4.65. The first-order chi connectivity index (χ1) is 15.8. The van der Waals surface area contributed by atoms with Gasteiger partial charge in [0, 0.05) is 25.5 Å². The summed E-state index contributed by atoms with van der Waals surface area (Å²) >= 11 is 0. The number of hydrogen-bond donors (Lipinski definition) is 0. The van der Waals surface area contributed by atoms with Crippen molar-refractivity contribution in [3.8, 4) is 0 Å². The van der Waals surface area contributed by atoms with Gasteiger partial charge in [-0.2, -0.15) is 0 Å². The molecule has 0 bridgehead atoms. The topological polar surface area (TPSA) is 60.9 Å². The molecule has 166 valence electrons. The number of imide groups is 1. The lowest BCUT2D eigenvalue weighted by atomic mass is 9.86. The average Bonchev–Trinajstić information content (AvgIpc) is 3.05. The van der Waals surface area contributed by atoms with E-state index in [9.17, 15) is 14.4 Å². The van der Waals surface area contributed by atoms with Crippen molar-refractivity contribution in [1.29, 1.82) is 0 Å². The van der Waals surface area contributed by atoms with Crippen LogP contribution in [0.4, 0.5) is 11.4 Å². The quantitative estimate of drug-likeness (QED) is 0.453. The molecule has 5 rings (SSSR count). The van der Waals surface area contributed by atoms with Crippen molar-refractivity contribution in [2.45, 2.75) is 25.9 Å². The van der Waals surface area contributed by atoms with E-state index in [1.807, 2.05) is 75.3 Å². The number of hydrogen-bond acceptors (Lipinski definition) is 4. The summed E-state index contributed by atoms with van der Waals surface area (Å²) in [7, 11) is 3.93. The molecule has 0 spiro atoms. The Labute approximate surface area is 193 Å². The van der Waals surface area contributed by atoms with Gasteiger partial charge in [-0.05, 0) is 66.9 Å². The van der Waals surface area contributed by atoms with Crippen LogP contribution in [0.5, 0.6) is 0 Å². The number of β-lactam (4-membered cyclic amide) rings is 1. The summed E-state index contributed by atoms with van der Waals surface area (Å²) in [5, 5.41) is 0. The Morgan fingerprint density at radius 3 is 1.85 bits per heavy atom. The molecule has 2 unspecified atom stereocenters. The van der Waals surface area contributed by atoms with Crippen molar-refractivity contribution in [3.63, 3.8) is 0 Å². The molecule has 0 aliphatic carbocycles. The van der Waals surface area contributed by atoms with Crippen LogP contribution >= 0.6 is 0 Å². The van der Waals surface area contributed by atoms with Gasteiger partial charge in [-0.15, -0.1) is 0 Å². The summed E-state index contributed by atoms with van der Waals surface area (Å²) in [5.41, 5.74) is 5.57. The van der Waals surface area contributed by atoms with E-state index in [0.29, 0.717) is 11.1 Å². The van der Waals surface area contributed by atoms with Crippen molar-refractivity contribution < 1.29 is 14.4 Å². The van der Waals surface area contributed by atoms with E-state index in [2.05, 4.69) is 0 Å². The van der Waals surface area contributed by atoms with E-state index in [1.165, 1.54) is 0 Å². The zero-order valence-corrected chi connectivity index (χ0v) is 19.1. The maximum absolute atomic E-state index is 13.5. The molecule has 3 amide bonds. The van der Waals surface area contributed by atoms with Crippen LogP contribution in [0.3, 0.4) is 0 Å². The summed E-state index contributed by atoms with van der Waals surface area (Å²) in [4.78, 5) is 44.7. The minimum Gasteiger partial charge on any atom is -0.378 e. The SMILES string of the molecule is Cc1ccc(N2C(=O)C(N3C(=O)c4ccccc4C3=O)C2c2ccc(N(C)C)cc2)cc1C. The molecule has 0 N–H and O–H groups in total. The lowest BCUT2D eigenvalue weighted by molar-refractivity contribution is -0.130. The first-order valence-corrected chi connectivity index (χ1v) is 10.9. The van der Waals surface area contributed by atoms with Crippen LogP contribution in [0, 0.1) is 13.8 Å². The highest BCUT2D eigenvalue weighted by atomic mass is 16.2. The lowest BCUT2D eigenvalue weighted by Crippen LogP contribution is -2.67. The van der Waals surface area contributed by atoms with Crippen LogP contribution in [0.25, 0.3) is 0 Å². The minimum atomic E-state index is -0.885. The molecule has 2 aliphatic heterocycles. The van der Waals surface area contributed by atoms with Crippen molar-refractivity contribution in [1.82, 2.24) is 4.90 Å². The van der Waals surface area contributed by atoms with Gasteiger partial charge in [0.05, 0.1) is 17.2 Å². The maximum Gasteiger partial charge on any atom is 0.262 e. The minimum absolute atomic E-state index is 0.255. The second kappa shape index (κ2) is 7.59. The van der Waals surface area contributed by atoms with Gasteiger partial charge in [-0.25, -0.2) is 0 Å². The van der Waals surface area contributed by atoms with Crippen molar-refractivity contribution >= 4 is 29.1 Å². The van der Waals surface area contributed by atoms with Gasteiger partial charge in [-0.1, -0.05) is 30.3 Å². The van der Waals surface area contributed by atoms with Crippen LogP contribution in [0.2, 0.25) is 0 Å². The third-order valence-electron chi connectivity index (χ3n) is 6.69. The highest BCUT2D eigenvalue weighted by Crippen LogP contribution is 2.44. The molecule has 0 saturated carbocycles. The molecule has 3 aromatic rings. The van der Waals surface area contributed by atoms with Crippen LogP contribution in [0.15, 0.2) is 66.7 Å². The molecule has 33 heavy (non-hydrogen) atoms. The number of benzene rings is 3. The molecule has 0 aromatic heterocycles. The first kappa shape index (κ1) is 20.9. The first-order valence-electron chi connectivity index (χ1n) is 10.9. The molecule has 1 saturated heterocycles. The Kier molecular flexibility index (Phi) is 4.81. The van der Waals surface area contributed by atoms with E-state index in [4.69, 9.17) is 0 Å². The van der Waals surface area contributed by atoms with Crippen molar-refractivity contribution in [2.75, 3.05) is 23.9 Å². The Hall–Kier alpha value is -3.93. The third-order valence-corrected chi connectivity index (χ3v) is 6.69. The number of carbonyl (C=O) groups is 3. The van der Waals surface area contributed by atoms with Crippen LogP contribution in [0.1, 0.15) is 43.4 Å². The molecule has 2 heterocycles. The number of nitrogens with zero attached hydrogens (tertiary/aromatic N) is 3. The van der Waals surface area contributed by atoms with Crippen molar-refractivity contribution in [3.05, 3.63) is 94.5 Å². The lowest BCUT2D eigenvalue weighted by Gasteiger charge is -2.50. The van der Waals surface area contributed by atoms with Gasteiger partial charge in [0.25, 0.3) is 17.7 Å². The average molecular weight is 440 g/mol. The fourth-order valence-corrected chi connectivity index (χ4v) is 4.65. The monoisotopic (exact) mass is 439 g/mol. The molecule has 1 fully saturated rings. The number of aryl methyl sites for hydroxylation is 2. The summed E-state index contributed by atoms with van der Waals surface area (Å²) in [5.74, 6) is -1.08. The Balaban J connectivity index is 1.59. The van der Waals surface area contributed by atoms with Gasteiger partial charge < -0.3 is 9.80 Å². The second-order valence-electron chi connectivity index (χ2n) is 8.88. The molecular formula is C27H25N3O3. The van der Waals surface area contributed by atoms with Crippen molar-refractivity contribution in [2.24, 2.45) is 0 Å². The standard InChI is InChI=1S/C27H25N3O3/c1-16-9-12-20(15-17(16)2)29-23(18-10-13-19(14-11-18)28(3)4)24(27(29)33)30-25(31)21-7-5-6-8-22(21)26(30)32/h5-15,23-24H,1-4H3. The second-order valence-corrected chi connectivity index (χ2v) is 8.88. The van der Waals surface area contributed by atoms with E-state index >= 15 is 0 Å². The van der Waals surface area contributed by atoms with Gasteiger partial charge >= 0.3 is 0 Å². The van der Waals surface area contributed by atoms with E-state index in [1.54, 1.807) is 29.2 Å². The fraction of sp³-hybridized carbons (Fsp3) is 0.222. The number of anilines is 2. The molecule has 2 aliphatic rings. The van der Waals surface area contributed by atoms with Gasteiger partial charge in [0.2, 0.25) is 0 Å². The van der Waals surface area contributed by atoms with E-state index in [-0.39, 0.29) is 5.91 Å². The maximum atomic E-state index is 13.5. The predicted octanol–water partition coefficient (Wildman–Crippen LogP) is 4.12. The van der Waals surface area contributed by atoms with Crippen LogP contribution in [-0.4, -0.2) is 42.8 Å².